The maximum absolute atomic E-state index is 12.7. The Hall–Kier alpha value is -1.54. The standard InChI is InChI=1S/C10H12FN3/c1-3-10(2,13-14-12)8-4-6-9(11)7-5-8/h4-7H,3H2,1-2H3. The molecule has 0 saturated heterocycles. The van der Waals surface area contributed by atoms with E-state index in [9.17, 15) is 4.39 Å². The van der Waals surface area contributed by atoms with Gasteiger partial charge in [-0.25, -0.2) is 4.39 Å². The van der Waals surface area contributed by atoms with E-state index < -0.39 is 5.54 Å². The molecule has 0 N–H and O–H groups in total. The van der Waals surface area contributed by atoms with Gasteiger partial charge in [-0.3, -0.25) is 0 Å². The van der Waals surface area contributed by atoms with E-state index in [-0.39, 0.29) is 5.82 Å². The largest absolute Gasteiger partial charge is 0.207 e. The molecule has 0 aliphatic heterocycles. The van der Waals surface area contributed by atoms with E-state index in [0.717, 1.165) is 5.56 Å². The molecular weight excluding hydrogens is 181 g/mol. The Labute approximate surface area is 82.2 Å². The van der Waals surface area contributed by atoms with Crippen LogP contribution in [0.2, 0.25) is 0 Å². The molecule has 4 heteroatoms. The lowest BCUT2D eigenvalue weighted by Crippen LogP contribution is -2.16. The smallest absolute Gasteiger partial charge is 0.123 e. The van der Waals surface area contributed by atoms with Gasteiger partial charge in [0.25, 0.3) is 0 Å². The van der Waals surface area contributed by atoms with Gasteiger partial charge in [0.15, 0.2) is 0 Å². The second-order valence-electron chi connectivity index (χ2n) is 3.32. The highest BCUT2D eigenvalue weighted by atomic mass is 19.1. The number of benzene rings is 1. The van der Waals surface area contributed by atoms with Gasteiger partial charge in [-0.15, -0.1) is 0 Å². The number of hydrogen-bond acceptors (Lipinski definition) is 1. The third-order valence-electron chi connectivity index (χ3n) is 2.42. The summed E-state index contributed by atoms with van der Waals surface area (Å²) in [6, 6.07) is 6.04. The molecule has 3 nitrogen and oxygen atoms in total. The zero-order valence-electron chi connectivity index (χ0n) is 8.24. The van der Waals surface area contributed by atoms with E-state index in [2.05, 4.69) is 10.0 Å². The molecule has 0 aliphatic carbocycles. The van der Waals surface area contributed by atoms with Gasteiger partial charge < -0.3 is 0 Å². The second kappa shape index (κ2) is 4.11. The molecule has 0 aliphatic rings. The number of rotatable bonds is 3. The fourth-order valence-electron chi connectivity index (χ4n) is 1.24. The molecular formula is C10H12FN3. The van der Waals surface area contributed by atoms with Crippen molar-refractivity contribution < 1.29 is 4.39 Å². The monoisotopic (exact) mass is 193 g/mol. The Bertz CT molecular complexity index is 354. The first-order chi connectivity index (χ1) is 6.62. The number of azide groups is 1. The molecule has 0 amide bonds. The van der Waals surface area contributed by atoms with Crippen molar-refractivity contribution in [3.8, 4) is 0 Å². The van der Waals surface area contributed by atoms with Gasteiger partial charge in [-0.1, -0.05) is 24.2 Å². The first kappa shape index (κ1) is 10.5. The van der Waals surface area contributed by atoms with E-state index in [1.54, 1.807) is 12.1 Å². The first-order valence-electron chi connectivity index (χ1n) is 4.44. The van der Waals surface area contributed by atoms with E-state index in [4.69, 9.17) is 5.53 Å². The number of halogens is 1. The molecule has 1 atom stereocenters. The van der Waals surface area contributed by atoms with Crippen molar-refractivity contribution in [3.05, 3.63) is 46.1 Å². The van der Waals surface area contributed by atoms with Gasteiger partial charge in [0.2, 0.25) is 0 Å². The van der Waals surface area contributed by atoms with E-state index in [1.165, 1.54) is 12.1 Å². The van der Waals surface area contributed by atoms with Gasteiger partial charge in [-0.05, 0) is 36.6 Å². The molecule has 1 aromatic rings. The van der Waals surface area contributed by atoms with Crippen molar-refractivity contribution in [2.45, 2.75) is 25.8 Å². The molecule has 0 aromatic heterocycles. The summed E-state index contributed by atoms with van der Waals surface area (Å²) in [6.07, 6.45) is 0.683. The predicted octanol–water partition coefficient (Wildman–Crippen LogP) is 3.76. The molecule has 0 heterocycles. The highest BCUT2D eigenvalue weighted by Gasteiger charge is 2.22. The third kappa shape index (κ3) is 2.03. The molecule has 0 radical (unpaired) electrons. The minimum atomic E-state index is -0.581. The van der Waals surface area contributed by atoms with Crippen molar-refractivity contribution >= 4 is 0 Å². The summed E-state index contributed by atoms with van der Waals surface area (Å²) >= 11 is 0. The number of hydrogen-bond donors (Lipinski definition) is 0. The summed E-state index contributed by atoms with van der Waals surface area (Å²) < 4.78 is 12.7. The fourth-order valence-corrected chi connectivity index (χ4v) is 1.24. The summed E-state index contributed by atoms with van der Waals surface area (Å²) in [6.45, 7) is 3.76. The van der Waals surface area contributed by atoms with Crippen LogP contribution < -0.4 is 0 Å². The number of nitrogens with zero attached hydrogens (tertiary/aromatic N) is 3. The Kier molecular flexibility index (Phi) is 3.10. The Morgan fingerprint density at radius 3 is 2.43 bits per heavy atom. The Morgan fingerprint density at radius 2 is 2.00 bits per heavy atom. The van der Waals surface area contributed by atoms with Gasteiger partial charge in [0.05, 0.1) is 5.54 Å². The van der Waals surface area contributed by atoms with Crippen LogP contribution >= 0.6 is 0 Å². The van der Waals surface area contributed by atoms with Crippen molar-refractivity contribution in [3.63, 3.8) is 0 Å². The van der Waals surface area contributed by atoms with Gasteiger partial charge >= 0.3 is 0 Å². The van der Waals surface area contributed by atoms with Crippen LogP contribution in [0.1, 0.15) is 25.8 Å². The lowest BCUT2D eigenvalue weighted by molar-refractivity contribution is 0.472. The average Bonchev–Trinajstić information content (AvgIpc) is 2.19. The minimum Gasteiger partial charge on any atom is -0.207 e. The summed E-state index contributed by atoms with van der Waals surface area (Å²) in [5.74, 6) is -0.284. The fraction of sp³-hybridized carbons (Fsp3) is 0.400. The van der Waals surface area contributed by atoms with Crippen molar-refractivity contribution in [1.29, 1.82) is 0 Å². The van der Waals surface area contributed by atoms with Crippen LogP contribution in [0.3, 0.4) is 0 Å². The Morgan fingerprint density at radius 1 is 1.43 bits per heavy atom. The molecule has 1 aromatic carbocycles. The van der Waals surface area contributed by atoms with Crippen LogP contribution in [-0.2, 0) is 5.54 Å². The molecule has 74 valence electrons. The predicted molar refractivity (Wildman–Crippen MR) is 53.2 cm³/mol. The average molecular weight is 193 g/mol. The first-order valence-corrected chi connectivity index (χ1v) is 4.44. The SMILES string of the molecule is CCC(C)(N=[N+]=[N-])c1ccc(F)cc1. The topological polar surface area (TPSA) is 48.8 Å². The zero-order valence-corrected chi connectivity index (χ0v) is 8.24. The Balaban J connectivity index is 3.12. The zero-order chi connectivity index (χ0) is 10.6. The van der Waals surface area contributed by atoms with Gasteiger partial charge in [-0.2, -0.15) is 0 Å². The summed E-state index contributed by atoms with van der Waals surface area (Å²) in [4.78, 5) is 2.81. The molecule has 1 rings (SSSR count). The molecule has 14 heavy (non-hydrogen) atoms. The molecule has 1 unspecified atom stereocenters. The summed E-state index contributed by atoms with van der Waals surface area (Å²) in [5.41, 5.74) is 8.68. The van der Waals surface area contributed by atoms with Crippen molar-refractivity contribution in [2.75, 3.05) is 0 Å². The summed E-state index contributed by atoms with van der Waals surface area (Å²) in [7, 11) is 0. The van der Waals surface area contributed by atoms with Crippen LogP contribution in [0.15, 0.2) is 29.4 Å². The van der Waals surface area contributed by atoms with E-state index in [1.807, 2.05) is 13.8 Å². The van der Waals surface area contributed by atoms with Crippen LogP contribution in [-0.4, -0.2) is 0 Å². The maximum atomic E-state index is 12.7. The molecule has 0 saturated carbocycles. The highest BCUT2D eigenvalue weighted by Crippen LogP contribution is 2.29. The van der Waals surface area contributed by atoms with Crippen LogP contribution in [0.25, 0.3) is 10.4 Å². The molecule has 0 fully saturated rings. The normalized spacial score (nSPS) is 14.2. The van der Waals surface area contributed by atoms with Crippen molar-refractivity contribution in [1.82, 2.24) is 0 Å². The van der Waals surface area contributed by atoms with Gasteiger partial charge in [0.1, 0.15) is 5.82 Å². The maximum Gasteiger partial charge on any atom is 0.123 e. The lowest BCUT2D eigenvalue weighted by Gasteiger charge is -2.22. The third-order valence-corrected chi connectivity index (χ3v) is 2.42. The van der Waals surface area contributed by atoms with E-state index >= 15 is 0 Å². The van der Waals surface area contributed by atoms with E-state index in [0.29, 0.717) is 6.42 Å². The lowest BCUT2D eigenvalue weighted by atomic mass is 9.90. The van der Waals surface area contributed by atoms with Crippen LogP contribution in [0.5, 0.6) is 0 Å². The van der Waals surface area contributed by atoms with Crippen molar-refractivity contribution in [2.24, 2.45) is 5.11 Å². The van der Waals surface area contributed by atoms with Gasteiger partial charge in [0, 0.05) is 4.91 Å². The highest BCUT2D eigenvalue weighted by molar-refractivity contribution is 5.24. The minimum absolute atomic E-state index is 0.284. The van der Waals surface area contributed by atoms with Crippen LogP contribution in [0.4, 0.5) is 4.39 Å². The molecule has 0 bridgehead atoms. The molecule has 0 spiro atoms. The second-order valence-corrected chi connectivity index (χ2v) is 3.32. The van der Waals surface area contributed by atoms with Crippen LogP contribution in [0, 0.1) is 5.82 Å². The summed E-state index contributed by atoms with van der Waals surface area (Å²) in [5, 5.41) is 3.73. The quantitative estimate of drug-likeness (QED) is 0.398.